The van der Waals surface area contributed by atoms with Gasteiger partial charge in [0.25, 0.3) is 0 Å². The Kier molecular flexibility index (Phi) is 4.54. The molecule has 0 aliphatic heterocycles. The van der Waals surface area contributed by atoms with Crippen molar-refractivity contribution in [3.8, 4) is 0 Å². The van der Waals surface area contributed by atoms with E-state index < -0.39 is 12.0 Å². The molecule has 1 fully saturated rings. The lowest BCUT2D eigenvalue weighted by atomic mass is 9.74. The number of carbonyl (C=O) groups is 1. The maximum atomic E-state index is 10.6. The summed E-state index contributed by atoms with van der Waals surface area (Å²) in [6.45, 7) is 2.40. The molecule has 3 N–H and O–H groups in total. The van der Waals surface area contributed by atoms with Crippen molar-refractivity contribution >= 4 is 5.97 Å². The molecule has 1 unspecified atom stereocenters. The van der Waals surface area contributed by atoms with E-state index in [4.69, 9.17) is 5.11 Å². The second-order valence-corrected chi connectivity index (χ2v) is 4.66. The van der Waals surface area contributed by atoms with E-state index in [2.05, 4.69) is 5.32 Å². The molecule has 1 aliphatic carbocycles. The molecular formula is C11H21NO3. The van der Waals surface area contributed by atoms with Crippen LogP contribution in [0, 0.1) is 5.41 Å². The average molecular weight is 215 g/mol. The molecular weight excluding hydrogens is 194 g/mol. The Morgan fingerprint density at radius 2 is 2.00 bits per heavy atom. The van der Waals surface area contributed by atoms with Gasteiger partial charge >= 0.3 is 5.97 Å². The first-order valence-corrected chi connectivity index (χ1v) is 5.67. The van der Waals surface area contributed by atoms with Gasteiger partial charge in [0.1, 0.15) is 6.04 Å². The molecule has 88 valence electrons. The Morgan fingerprint density at radius 3 is 2.47 bits per heavy atom. The predicted molar refractivity (Wildman–Crippen MR) is 57.7 cm³/mol. The summed E-state index contributed by atoms with van der Waals surface area (Å²) >= 11 is 0. The van der Waals surface area contributed by atoms with Gasteiger partial charge in [0, 0.05) is 18.6 Å². The first-order chi connectivity index (χ1) is 7.09. The van der Waals surface area contributed by atoms with Gasteiger partial charge in [-0.25, -0.2) is 0 Å². The largest absolute Gasteiger partial charge is 0.480 e. The zero-order valence-electron chi connectivity index (χ0n) is 9.33. The van der Waals surface area contributed by atoms with Crippen LogP contribution in [-0.4, -0.2) is 35.4 Å². The van der Waals surface area contributed by atoms with Crippen LogP contribution in [0.5, 0.6) is 0 Å². The number of carboxylic acid groups (broad SMARTS) is 1. The topological polar surface area (TPSA) is 69.6 Å². The van der Waals surface area contributed by atoms with Crippen LogP contribution in [0.1, 0.15) is 39.0 Å². The van der Waals surface area contributed by atoms with E-state index in [0.29, 0.717) is 6.54 Å². The Labute approximate surface area is 90.7 Å². The summed E-state index contributed by atoms with van der Waals surface area (Å²) in [5.74, 6) is -0.834. The quantitative estimate of drug-likeness (QED) is 0.639. The number of aliphatic carboxylic acids is 1. The summed E-state index contributed by atoms with van der Waals surface area (Å²) in [5, 5.41) is 21.1. The van der Waals surface area contributed by atoms with Crippen LogP contribution in [0.2, 0.25) is 0 Å². The molecule has 0 bridgehead atoms. The highest BCUT2D eigenvalue weighted by atomic mass is 16.4. The van der Waals surface area contributed by atoms with Crippen LogP contribution in [0.15, 0.2) is 0 Å². The van der Waals surface area contributed by atoms with Gasteiger partial charge in [-0.1, -0.05) is 19.3 Å². The fourth-order valence-corrected chi connectivity index (χ4v) is 2.15. The van der Waals surface area contributed by atoms with Crippen molar-refractivity contribution in [3.63, 3.8) is 0 Å². The smallest absolute Gasteiger partial charge is 0.320 e. The minimum atomic E-state index is -0.834. The van der Waals surface area contributed by atoms with E-state index in [1.54, 1.807) is 6.92 Å². The van der Waals surface area contributed by atoms with Gasteiger partial charge in [-0.2, -0.15) is 0 Å². The highest BCUT2D eigenvalue weighted by molar-refractivity contribution is 5.72. The molecule has 1 saturated carbocycles. The lowest BCUT2D eigenvalue weighted by Gasteiger charge is -2.36. The number of hydrogen-bond donors (Lipinski definition) is 3. The van der Waals surface area contributed by atoms with E-state index in [1.165, 1.54) is 6.42 Å². The summed E-state index contributed by atoms with van der Waals surface area (Å²) in [7, 11) is 0. The van der Waals surface area contributed by atoms with Gasteiger partial charge in [-0.05, 0) is 19.8 Å². The molecule has 1 aliphatic rings. The molecule has 1 atom stereocenters. The lowest BCUT2D eigenvalue weighted by Crippen LogP contribution is -2.44. The minimum absolute atomic E-state index is 0.0814. The zero-order valence-corrected chi connectivity index (χ0v) is 9.33. The predicted octanol–water partition coefficient (Wildman–Crippen LogP) is 0.992. The lowest BCUT2D eigenvalue weighted by molar-refractivity contribution is -0.139. The summed E-state index contributed by atoms with van der Waals surface area (Å²) in [4.78, 5) is 10.6. The van der Waals surface area contributed by atoms with E-state index >= 15 is 0 Å². The summed E-state index contributed by atoms with van der Waals surface area (Å²) in [6, 6.07) is -0.532. The molecule has 1 rings (SSSR count). The van der Waals surface area contributed by atoms with Crippen molar-refractivity contribution in [2.24, 2.45) is 5.41 Å². The standard InChI is InChI=1S/C11H21NO3/c1-9(10(14)15)12-7-11(8-13)5-3-2-4-6-11/h9,12-13H,2-8H2,1H3,(H,14,15). The van der Waals surface area contributed by atoms with Gasteiger partial charge in [-0.3, -0.25) is 4.79 Å². The zero-order chi connectivity index (χ0) is 11.3. The summed E-state index contributed by atoms with van der Waals surface area (Å²) in [6.07, 6.45) is 5.52. The monoisotopic (exact) mass is 215 g/mol. The Bertz CT molecular complexity index is 212. The summed E-state index contributed by atoms with van der Waals surface area (Å²) < 4.78 is 0. The highest BCUT2D eigenvalue weighted by Gasteiger charge is 2.31. The van der Waals surface area contributed by atoms with Crippen LogP contribution in [0.25, 0.3) is 0 Å². The molecule has 0 aromatic rings. The number of rotatable bonds is 5. The maximum Gasteiger partial charge on any atom is 0.320 e. The van der Waals surface area contributed by atoms with Crippen molar-refractivity contribution in [1.82, 2.24) is 5.32 Å². The van der Waals surface area contributed by atoms with Gasteiger partial charge in [0.05, 0.1) is 0 Å². The van der Waals surface area contributed by atoms with Crippen LogP contribution in [0.3, 0.4) is 0 Å². The Hall–Kier alpha value is -0.610. The fourth-order valence-electron chi connectivity index (χ4n) is 2.15. The van der Waals surface area contributed by atoms with Crippen LogP contribution >= 0.6 is 0 Å². The molecule has 4 nitrogen and oxygen atoms in total. The third-order valence-electron chi connectivity index (χ3n) is 3.40. The Morgan fingerprint density at radius 1 is 1.40 bits per heavy atom. The first kappa shape index (κ1) is 12.5. The van der Waals surface area contributed by atoms with Crippen molar-refractivity contribution in [2.75, 3.05) is 13.2 Å². The first-order valence-electron chi connectivity index (χ1n) is 5.67. The van der Waals surface area contributed by atoms with E-state index in [1.807, 2.05) is 0 Å². The summed E-state index contributed by atoms with van der Waals surface area (Å²) in [5.41, 5.74) is -0.0814. The van der Waals surface area contributed by atoms with Crippen LogP contribution in [0.4, 0.5) is 0 Å². The highest BCUT2D eigenvalue weighted by Crippen LogP contribution is 2.35. The Balaban J connectivity index is 2.42. The molecule has 0 aromatic carbocycles. The molecule has 0 spiro atoms. The second-order valence-electron chi connectivity index (χ2n) is 4.66. The van der Waals surface area contributed by atoms with E-state index in [-0.39, 0.29) is 12.0 Å². The van der Waals surface area contributed by atoms with Crippen LogP contribution in [-0.2, 0) is 4.79 Å². The van der Waals surface area contributed by atoms with Crippen molar-refractivity contribution < 1.29 is 15.0 Å². The van der Waals surface area contributed by atoms with E-state index in [0.717, 1.165) is 25.7 Å². The number of nitrogens with one attached hydrogen (secondary N) is 1. The SMILES string of the molecule is CC(NCC1(CO)CCCCC1)C(=O)O. The maximum absolute atomic E-state index is 10.6. The van der Waals surface area contributed by atoms with Crippen molar-refractivity contribution in [3.05, 3.63) is 0 Å². The molecule has 0 heterocycles. The molecule has 0 radical (unpaired) electrons. The minimum Gasteiger partial charge on any atom is -0.480 e. The van der Waals surface area contributed by atoms with Gasteiger partial charge in [0.2, 0.25) is 0 Å². The third kappa shape index (κ3) is 3.47. The molecule has 0 saturated heterocycles. The van der Waals surface area contributed by atoms with Crippen LogP contribution < -0.4 is 5.32 Å². The molecule has 15 heavy (non-hydrogen) atoms. The molecule has 0 aromatic heterocycles. The normalized spacial score (nSPS) is 22.3. The van der Waals surface area contributed by atoms with Gasteiger partial charge < -0.3 is 15.5 Å². The van der Waals surface area contributed by atoms with Crippen molar-refractivity contribution in [2.45, 2.75) is 45.1 Å². The number of aliphatic hydroxyl groups is 1. The number of aliphatic hydroxyl groups excluding tert-OH is 1. The molecule has 0 amide bonds. The number of carboxylic acids is 1. The second kappa shape index (κ2) is 5.47. The van der Waals surface area contributed by atoms with Crippen molar-refractivity contribution in [1.29, 1.82) is 0 Å². The fraction of sp³-hybridized carbons (Fsp3) is 0.909. The molecule has 4 heteroatoms. The third-order valence-corrected chi connectivity index (χ3v) is 3.40. The number of hydrogen-bond acceptors (Lipinski definition) is 3. The van der Waals surface area contributed by atoms with Gasteiger partial charge in [0.15, 0.2) is 0 Å². The average Bonchev–Trinajstić information content (AvgIpc) is 2.27. The van der Waals surface area contributed by atoms with Gasteiger partial charge in [-0.15, -0.1) is 0 Å². The van der Waals surface area contributed by atoms with E-state index in [9.17, 15) is 9.90 Å².